The number of hydrogen-bond donors (Lipinski definition) is 0. The second-order valence-corrected chi connectivity index (χ2v) is 12.2. The van der Waals surface area contributed by atoms with Crippen LogP contribution in [0.1, 0.15) is 64.9 Å². The maximum atomic E-state index is 11.9. The van der Waals surface area contributed by atoms with Crippen molar-refractivity contribution in [2.45, 2.75) is 71.9 Å². The fourth-order valence-corrected chi connectivity index (χ4v) is 6.87. The number of likely N-dealkylation sites (tertiary alicyclic amines) is 1. The third-order valence-corrected chi connectivity index (χ3v) is 8.86. The molecule has 1 aliphatic heterocycles. The highest BCUT2D eigenvalue weighted by molar-refractivity contribution is 5.88. The second-order valence-electron chi connectivity index (χ2n) is 12.2. The number of ether oxygens (including phenoxy) is 2. The summed E-state index contributed by atoms with van der Waals surface area (Å²) in [4.78, 5) is 14.5. The van der Waals surface area contributed by atoms with Gasteiger partial charge in [-0.2, -0.15) is 0 Å². The summed E-state index contributed by atoms with van der Waals surface area (Å²) in [5.41, 5.74) is 1.76. The van der Waals surface area contributed by atoms with E-state index in [-0.39, 0.29) is 11.9 Å². The summed E-state index contributed by atoms with van der Waals surface area (Å²) in [5, 5.41) is 2.49. The summed E-state index contributed by atoms with van der Waals surface area (Å²) in [6.45, 7) is 10.3. The lowest BCUT2D eigenvalue weighted by Crippen LogP contribution is -2.30. The summed E-state index contributed by atoms with van der Waals surface area (Å²) in [6, 6.07) is 13.3. The molecule has 0 amide bonds. The van der Waals surface area contributed by atoms with Gasteiger partial charge in [-0.05, 0) is 84.8 Å². The molecule has 2 aliphatic carbocycles. The first-order valence-electron chi connectivity index (χ1n) is 13.3. The van der Waals surface area contributed by atoms with Gasteiger partial charge in [0.1, 0.15) is 5.75 Å². The molecule has 0 aromatic heterocycles. The quantitative estimate of drug-likeness (QED) is 0.477. The van der Waals surface area contributed by atoms with Crippen LogP contribution in [0.5, 0.6) is 5.75 Å². The lowest BCUT2D eigenvalue weighted by Gasteiger charge is -2.37. The molecule has 1 heterocycles. The van der Waals surface area contributed by atoms with E-state index in [4.69, 9.17) is 9.47 Å². The topological polar surface area (TPSA) is 38.8 Å². The molecule has 5 rings (SSSR count). The number of hydrogen-bond acceptors (Lipinski definition) is 4. The molecule has 34 heavy (non-hydrogen) atoms. The van der Waals surface area contributed by atoms with Gasteiger partial charge in [0, 0.05) is 25.0 Å². The van der Waals surface area contributed by atoms with Gasteiger partial charge in [0.2, 0.25) is 0 Å². The average Bonchev–Trinajstić information content (AvgIpc) is 3.37. The fourth-order valence-electron chi connectivity index (χ4n) is 6.87. The van der Waals surface area contributed by atoms with Gasteiger partial charge in [0.25, 0.3) is 0 Å². The molecule has 1 saturated heterocycles. The van der Waals surface area contributed by atoms with Gasteiger partial charge >= 0.3 is 5.97 Å². The Kier molecular flexibility index (Phi) is 6.63. The molecule has 3 aliphatic rings. The lowest BCUT2D eigenvalue weighted by molar-refractivity contribution is -0.145. The van der Waals surface area contributed by atoms with Crippen LogP contribution >= 0.6 is 0 Å². The maximum Gasteiger partial charge on any atom is 0.308 e. The summed E-state index contributed by atoms with van der Waals surface area (Å²) in [5.74, 6) is 3.21. The molecule has 0 bridgehead atoms. The van der Waals surface area contributed by atoms with E-state index in [2.05, 4.69) is 62.1 Å². The van der Waals surface area contributed by atoms with Crippen molar-refractivity contribution in [1.82, 2.24) is 4.90 Å². The molecule has 4 nitrogen and oxygen atoms in total. The number of fused-ring (bicyclic) bond motifs is 2. The Morgan fingerprint density at radius 3 is 2.35 bits per heavy atom. The second kappa shape index (κ2) is 9.53. The van der Waals surface area contributed by atoms with Crippen LogP contribution in [-0.4, -0.2) is 37.2 Å². The summed E-state index contributed by atoms with van der Waals surface area (Å²) in [6.07, 6.45) is 7.16. The monoisotopic (exact) mass is 463 g/mol. The van der Waals surface area contributed by atoms with Crippen molar-refractivity contribution in [2.75, 3.05) is 20.2 Å². The van der Waals surface area contributed by atoms with Crippen molar-refractivity contribution in [2.24, 2.45) is 29.1 Å². The van der Waals surface area contributed by atoms with Crippen molar-refractivity contribution in [1.29, 1.82) is 0 Å². The Bertz CT molecular complexity index is 1000. The molecule has 0 radical (unpaired) electrons. The fraction of sp³-hybridized carbons (Fsp3) is 0.633. The Morgan fingerprint density at radius 2 is 1.71 bits per heavy atom. The Morgan fingerprint density at radius 1 is 1.00 bits per heavy atom. The van der Waals surface area contributed by atoms with E-state index < -0.39 is 0 Å². The Balaban J connectivity index is 1.20. The highest BCUT2D eigenvalue weighted by Crippen LogP contribution is 2.43. The van der Waals surface area contributed by atoms with Crippen LogP contribution in [0.25, 0.3) is 10.8 Å². The van der Waals surface area contributed by atoms with E-state index in [0.717, 1.165) is 57.0 Å². The number of nitrogens with zero attached hydrogens (tertiary/aromatic N) is 1. The zero-order valence-electron chi connectivity index (χ0n) is 21.4. The number of carbonyl (C=O) groups is 1. The molecule has 0 N–H and O–H groups in total. The predicted octanol–water partition coefficient (Wildman–Crippen LogP) is 6.45. The van der Waals surface area contributed by atoms with Gasteiger partial charge in [-0.25, -0.2) is 0 Å². The number of rotatable bonds is 5. The minimum atomic E-state index is -0.0178. The first-order valence-corrected chi connectivity index (χ1v) is 13.3. The van der Waals surface area contributed by atoms with Crippen LogP contribution in [0.4, 0.5) is 0 Å². The Hall–Kier alpha value is -2.07. The number of esters is 1. The first-order chi connectivity index (χ1) is 16.3. The molecule has 2 atom stereocenters. The van der Waals surface area contributed by atoms with Crippen molar-refractivity contribution in [3.8, 4) is 5.75 Å². The number of methoxy groups -OCH3 is 1. The number of benzene rings is 2. The van der Waals surface area contributed by atoms with Gasteiger partial charge in [0.15, 0.2) is 0 Å². The molecule has 2 aromatic carbocycles. The van der Waals surface area contributed by atoms with Crippen LogP contribution in [-0.2, 0) is 16.1 Å². The van der Waals surface area contributed by atoms with Crippen molar-refractivity contribution >= 4 is 16.7 Å². The molecular formula is C30H41NO3. The SMILES string of the molecule is COC(=O)C1CC2CN(Cc3ccc4c(OC5CCC(C(C)(C)C)CC5)cccc4c3)CC2C1. The van der Waals surface area contributed by atoms with Gasteiger partial charge in [-0.1, -0.05) is 45.0 Å². The summed E-state index contributed by atoms with van der Waals surface area (Å²) < 4.78 is 11.5. The van der Waals surface area contributed by atoms with E-state index in [0.29, 0.717) is 23.4 Å². The third-order valence-electron chi connectivity index (χ3n) is 8.86. The Labute approximate surface area is 205 Å². The standard InChI is InChI=1S/C30H41NO3/c1-30(2,3)25-9-11-26(12-10-25)34-28-7-5-6-21-14-20(8-13-27(21)28)17-31-18-23-15-22(29(32)33-4)16-24(23)19-31/h5-8,13-14,22-26H,9-12,15-19H2,1-4H3. The smallest absolute Gasteiger partial charge is 0.308 e. The highest BCUT2D eigenvalue weighted by atomic mass is 16.5. The van der Waals surface area contributed by atoms with Crippen molar-refractivity contribution in [3.63, 3.8) is 0 Å². The lowest BCUT2D eigenvalue weighted by atomic mass is 9.72. The molecule has 3 fully saturated rings. The minimum Gasteiger partial charge on any atom is -0.490 e. The van der Waals surface area contributed by atoms with Gasteiger partial charge in [0.05, 0.1) is 19.1 Å². The van der Waals surface area contributed by atoms with Crippen LogP contribution < -0.4 is 4.74 Å². The zero-order chi connectivity index (χ0) is 23.9. The normalized spacial score (nSPS) is 29.8. The maximum absolute atomic E-state index is 11.9. The predicted molar refractivity (Wildman–Crippen MR) is 137 cm³/mol. The molecule has 4 heteroatoms. The van der Waals surface area contributed by atoms with E-state index in [9.17, 15) is 4.79 Å². The van der Waals surface area contributed by atoms with Crippen LogP contribution in [0, 0.1) is 29.1 Å². The molecular weight excluding hydrogens is 422 g/mol. The average molecular weight is 464 g/mol. The van der Waals surface area contributed by atoms with E-state index in [1.165, 1.54) is 36.3 Å². The van der Waals surface area contributed by atoms with Gasteiger partial charge in [-0.15, -0.1) is 0 Å². The van der Waals surface area contributed by atoms with E-state index in [1.54, 1.807) is 0 Å². The minimum absolute atomic E-state index is 0.0178. The molecule has 184 valence electrons. The highest BCUT2D eigenvalue weighted by Gasteiger charge is 2.43. The first kappa shape index (κ1) is 23.7. The summed E-state index contributed by atoms with van der Waals surface area (Å²) in [7, 11) is 1.51. The van der Waals surface area contributed by atoms with Crippen LogP contribution in [0.2, 0.25) is 0 Å². The largest absolute Gasteiger partial charge is 0.490 e. The third kappa shape index (κ3) is 4.98. The van der Waals surface area contributed by atoms with Crippen LogP contribution in [0.15, 0.2) is 36.4 Å². The van der Waals surface area contributed by atoms with Crippen molar-refractivity contribution in [3.05, 3.63) is 42.0 Å². The molecule has 2 saturated carbocycles. The zero-order valence-corrected chi connectivity index (χ0v) is 21.4. The van der Waals surface area contributed by atoms with E-state index in [1.807, 2.05) is 0 Å². The van der Waals surface area contributed by atoms with Gasteiger partial charge < -0.3 is 9.47 Å². The van der Waals surface area contributed by atoms with E-state index >= 15 is 0 Å². The molecule has 2 unspecified atom stereocenters. The molecule has 2 aromatic rings. The van der Waals surface area contributed by atoms with Crippen LogP contribution in [0.3, 0.4) is 0 Å². The summed E-state index contributed by atoms with van der Waals surface area (Å²) >= 11 is 0. The van der Waals surface area contributed by atoms with Gasteiger partial charge in [-0.3, -0.25) is 9.69 Å². The van der Waals surface area contributed by atoms with Crippen molar-refractivity contribution < 1.29 is 14.3 Å². The molecule has 0 spiro atoms. The number of carbonyl (C=O) groups excluding carboxylic acids is 1.